The van der Waals surface area contributed by atoms with Crippen molar-refractivity contribution in [3.05, 3.63) is 135 Å². The summed E-state index contributed by atoms with van der Waals surface area (Å²) in [5.41, 5.74) is 2.63. The predicted octanol–water partition coefficient (Wildman–Crippen LogP) is 6.78. The minimum absolute atomic E-state index is 0.0150. The van der Waals surface area contributed by atoms with Crippen molar-refractivity contribution in [3.8, 4) is 11.5 Å². The van der Waals surface area contributed by atoms with Crippen molar-refractivity contribution in [2.45, 2.75) is 12.6 Å². The summed E-state index contributed by atoms with van der Waals surface area (Å²) in [5.74, 6) is 0.684. The normalized spacial score (nSPS) is 14.5. The fourth-order valence-corrected chi connectivity index (χ4v) is 5.07. The molecule has 5 aromatic rings. The fourth-order valence-electron chi connectivity index (χ4n) is 4.82. The third kappa shape index (κ3) is 4.09. The number of nitrogens with zero attached hydrogens (tertiary/aromatic N) is 1. The highest BCUT2D eigenvalue weighted by Crippen LogP contribution is 2.43. The van der Waals surface area contributed by atoms with E-state index in [1.54, 1.807) is 42.5 Å². The molecule has 0 bridgehead atoms. The number of halogens is 1. The smallest absolute Gasteiger partial charge is 0.295 e. The Kier molecular flexibility index (Phi) is 6.10. The van der Waals surface area contributed by atoms with E-state index >= 15 is 0 Å². The molecule has 1 aromatic heterocycles. The Bertz CT molecular complexity index is 1730. The first-order valence-electron chi connectivity index (χ1n) is 12.0. The van der Waals surface area contributed by atoms with Crippen molar-refractivity contribution in [2.24, 2.45) is 0 Å². The van der Waals surface area contributed by atoms with Crippen molar-refractivity contribution in [2.75, 3.05) is 12.0 Å². The SMILES string of the molecule is COc1ccc(N2C(=O)c3oc4ccccc4c(=O)c3C2c2cccc(OCc3ccccc3)c2)cc1Cl. The molecule has 1 aliphatic heterocycles. The minimum atomic E-state index is -0.747. The summed E-state index contributed by atoms with van der Waals surface area (Å²) >= 11 is 6.43. The van der Waals surface area contributed by atoms with Crippen molar-refractivity contribution in [1.29, 1.82) is 0 Å². The van der Waals surface area contributed by atoms with E-state index < -0.39 is 11.9 Å². The Balaban J connectivity index is 1.49. The van der Waals surface area contributed by atoms with Crippen LogP contribution in [0.3, 0.4) is 0 Å². The molecular weight excluding hydrogens is 502 g/mol. The van der Waals surface area contributed by atoms with E-state index in [1.807, 2.05) is 54.6 Å². The lowest BCUT2D eigenvalue weighted by Crippen LogP contribution is -2.29. The molecule has 1 aliphatic rings. The first-order chi connectivity index (χ1) is 18.5. The number of para-hydroxylation sites is 1. The topological polar surface area (TPSA) is 69.0 Å². The van der Waals surface area contributed by atoms with Crippen molar-refractivity contribution < 1.29 is 18.7 Å². The number of hydrogen-bond acceptors (Lipinski definition) is 5. The van der Waals surface area contributed by atoms with Gasteiger partial charge in [-0.2, -0.15) is 0 Å². The molecule has 0 saturated carbocycles. The average Bonchev–Trinajstić information content (AvgIpc) is 3.25. The summed E-state index contributed by atoms with van der Waals surface area (Å²) in [7, 11) is 1.52. The molecule has 1 unspecified atom stereocenters. The van der Waals surface area contributed by atoms with Gasteiger partial charge in [-0.25, -0.2) is 0 Å². The van der Waals surface area contributed by atoms with Gasteiger partial charge in [0.1, 0.15) is 23.7 Å². The lowest BCUT2D eigenvalue weighted by molar-refractivity contribution is 0.0971. The summed E-state index contributed by atoms with van der Waals surface area (Å²) in [6.45, 7) is 0.384. The Morgan fingerprint density at radius 3 is 2.47 bits per heavy atom. The number of rotatable bonds is 6. The van der Waals surface area contributed by atoms with E-state index in [9.17, 15) is 9.59 Å². The number of carbonyl (C=O) groups excluding carboxylic acids is 1. The summed E-state index contributed by atoms with van der Waals surface area (Å²) in [6, 6.07) is 28.5. The maximum Gasteiger partial charge on any atom is 0.295 e. The maximum atomic E-state index is 13.8. The Hall–Kier alpha value is -4.55. The first-order valence-corrected chi connectivity index (χ1v) is 12.4. The standard InChI is InChI=1S/C31H22ClNO5/c1-36-26-15-14-21(17-24(26)32)33-28(20-10-7-11-22(16-20)37-18-19-8-3-2-4-9-19)27-29(34)23-12-5-6-13-25(23)38-30(27)31(33)35/h2-17,28H,18H2,1H3. The third-order valence-corrected chi connectivity index (χ3v) is 6.91. The zero-order valence-corrected chi connectivity index (χ0v) is 21.1. The molecule has 7 heteroatoms. The van der Waals surface area contributed by atoms with Gasteiger partial charge >= 0.3 is 0 Å². The van der Waals surface area contributed by atoms with E-state index in [0.717, 1.165) is 5.56 Å². The molecule has 4 aromatic carbocycles. The predicted molar refractivity (Wildman–Crippen MR) is 146 cm³/mol. The van der Waals surface area contributed by atoms with Crippen LogP contribution in [0.25, 0.3) is 11.0 Å². The molecule has 0 N–H and O–H groups in total. The van der Waals surface area contributed by atoms with E-state index in [1.165, 1.54) is 12.0 Å². The number of benzene rings is 4. The molecule has 2 heterocycles. The number of ether oxygens (including phenoxy) is 2. The van der Waals surface area contributed by atoms with Gasteiger partial charge < -0.3 is 13.9 Å². The second-order valence-corrected chi connectivity index (χ2v) is 9.32. The van der Waals surface area contributed by atoms with Gasteiger partial charge in [-0.3, -0.25) is 14.5 Å². The highest BCUT2D eigenvalue weighted by molar-refractivity contribution is 6.32. The Morgan fingerprint density at radius 1 is 0.895 bits per heavy atom. The number of amides is 1. The number of hydrogen-bond donors (Lipinski definition) is 0. The number of fused-ring (bicyclic) bond motifs is 2. The van der Waals surface area contributed by atoms with E-state index in [2.05, 4.69) is 0 Å². The van der Waals surface area contributed by atoms with Crippen LogP contribution >= 0.6 is 11.6 Å². The van der Waals surface area contributed by atoms with Crippen LogP contribution in [0.2, 0.25) is 5.02 Å². The van der Waals surface area contributed by atoms with Crippen molar-refractivity contribution in [3.63, 3.8) is 0 Å². The van der Waals surface area contributed by atoms with Crippen LogP contribution in [0.5, 0.6) is 11.5 Å². The number of methoxy groups -OCH3 is 1. The van der Waals surface area contributed by atoms with Crippen LogP contribution in [0.1, 0.15) is 33.3 Å². The monoisotopic (exact) mass is 523 g/mol. The molecule has 0 saturated heterocycles. The van der Waals surface area contributed by atoms with Gasteiger partial charge in [0, 0.05) is 5.69 Å². The van der Waals surface area contributed by atoms with E-state index in [-0.39, 0.29) is 16.8 Å². The fraction of sp³-hybridized carbons (Fsp3) is 0.0968. The largest absolute Gasteiger partial charge is 0.495 e. The quantitative estimate of drug-likeness (QED) is 0.245. The lowest BCUT2D eigenvalue weighted by Gasteiger charge is -2.26. The molecule has 0 aliphatic carbocycles. The summed E-state index contributed by atoms with van der Waals surface area (Å²) in [5, 5.41) is 0.757. The van der Waals surface area contributed by atoms with Crippen LogP contribution in [0.15, 0.2) is 106 Å². The molecule has 0 radical (unpaired) electrons. The molecule has 0 fully saturated rings. The van der Waals surface area contributed by atoms with Gasteiger partial charge in [0.15, 0.2) is 5.43 Å². The van der Waals surface area contributed by atoms with E-state index in [4.69, 9.17) is 25.5 Å². The lowest BCUT2D eigenvalue weighted by atomic mass is 9.98. The van der Waals surface area contributed by atoms with Crippen LogP contribution in [0.4, 0.5) is 5.69 Å². The first kappa shape index (κ1) is 23.8. The molecule has 1 amide bonds. The average molecular weight is 524 g/mol. The third-order valence-electron chi connectivity index (χ3n) is 6.61. The zero-order valence-electron chi connectivity index (χ0n) is 20.4. The number of anilines is 1. The second-order valence-electron chi connectivity index (χ2n) is 8.91. The number of carbonyl (C=O) groups is 1. The van der Waals surface area contributed by atoms with Crippen LogP contribution in [-0.2, 0) is 6.61 Å². The Labute approximate surface area is 223 Å². The minimum Gasteiger partial charge on any atom is -0.495 e. The molecule has 0 spiro atoms. The van der Waals surface area contributed by atoms with Gasteiger partial charge in [0.05, 0.1) is 29.1 Å². The molecule has 6 nitrogen and oxygen atoms in total. The van der Waals surface area contributed by atoms with Gasteiger partial charge in [-0.1, -0.05) is 66.2 Å². The molecule has 6 rings (SSSR count). The summed E-state index contributed by atoms with van der Waals surface area (Å²) in [6.07, 6.45) is 0. The van der Waals surface area contributed by atoms with Gasteiger partial charge in [0.2, 0.25) is 5.76 Å². The van der Waals surface area contributed by atoms with Gasteiger partial charge in [-0.15, -0.1) is 0 Å². The maximum absolute atomic E-state index is 13.8. The highest BCUT2D eigenvalue weighted by Gasteiger charge is 2.44. The van der Waals surface area contributed by atoms with Crippen LogP contribution in [0, 0.1) is 0 Å². The van der Waals surface area contributed by atoms with Gasteiger partial charge in [-0.05, 0) is 53.6 Å². The highest BCUT2D eigenvalue weighted by atomic mass is 35.5. The second kappa shape index (κ2) is 9.72. The van der Waals surface area contributed by atoms with E-state index in [0.29, 0.717) is 45.3 Å². The molecule has 1 atom stereocenters. The van der Waals surface area contributed by atoms with Crippen molar-refractivity contribution in [1.82, 2.24) is 0 Å². The Morgan fingerprint density at radius 2 is 1.68 bits per heavy atom. The molecule has 38 heavy (non-hydrogen) atoms. The molecular formula is C31H22ClNO5. The summed E-state index contributed by atoms with van der Waals surface area (Å²) < 4.78 is 17.4. The van der Waals surface area contributed by atoms with Crippen LogP contribution in [-0.4, -0.2) is 13.0 Å². The van der Waals surface area contributed by atoms with Crippen LogP contribution < -0.4 is 19.8 Å². The van der Waals surface area contributed by atoms with Crippen molar-refractivity contribution >= 4 is 34.2 Å². The molecule has 188 valence electrons. The summed E-state index contributed by atoms with van der Waals surface area (Å²) in [4.78, 5) is 29.1. The zero-order chi connectivity index (χ0) is 26.2. The van der Waals surface area contributed by atoms with Gasteiger partial charge in [0.25, 0.3) is 5.91 Å².